The van der Waals surface area contributed by atoms with Gasteiger partial charge in [0.1, 0.15) is 11.5 Å². The van der Waals surface area contributed by atoms with E-state index in [1.807, 2.05) is 19.1 Å². The number of aryl methyl sites for hydroxylation is 1. The van der Waals surface area contributed by atoms with Crippen LogP contribution in [0.5, 0.6) is 11.5 Å². The minimum atomic E-state index is -0.169. The largest absolute Gasteiger partial charge is 0.497 e. The van der Waals surface area contributed by atoms with Crippen LogP contribution in [0, 0.1) is 6.92 Å². The average molecular weight is 320 g/mol. The van der Waals surface area contributed by atoms with Crippen molar-refractivity contribution in [3.8, 4) is 11.5 Å². The third kappa shape index (κ3) is 3.92. The molecule has 5 heteroatoms. The van der Waals surface area contributed by atoms with Gasteiger partial charge < -0.3 is 14.8 Å². The molecule has 0 bridgehead atoms. The summed E-state index contributed by atoms with van der Waals surface area (Å²) in [6.07, 6.45) is 0.171. The number of carbonyl (C=O) groups excluding carboxylic acids is 1. The van der Waals surface area contributed by atoms with E-state index in [-0.39, 0.29) is 12.3 Å². The van der Waals surface area contributed by atoms with Crippen molar-refractivity contribution in [1.82, 2.24) is 0 Å². The first-order valence-electron chi connectivity index (χ1n) is 6.80. The third-order valence-corrected chi connectivity index (χ3v) is 3.55. The summed E-state index contributed by atoms with van der Waals surface area (Å²) in [7, 11) is 3.15. The summed E-state index contributed by atoms with van der Waals surface area (Å²) in [4.78, 5) is 12.2. The molecule has 1 N–H and O–H groups in total. The number of rotatable bonds is 5. The molecule has 0 aromatic heterocycles. The predicted molar refractivity (Wildman–Crippen MR) is 88.1 cm³/mol. The van der Waals surface area contributed by atoms with Crippen LogP contribution in [0.1, 0.15) is 11.1 Å². The van der Waals surface area contributed by atoms with Gasteiger partial charge in [0.05, 0.1) is 31.4 Å². The average Bonchev–Trinajstić information content (AvgIpc) is 2.50. The van der Waals surface area contributed by atoms with Crippen molar-refractivity contribution in [2.24, 2.45) is 0 Å². The van der Waals surface area contributed by atoms with Gasteiger partial charge >= 0.3 is 0 Å². The Morgan fingerprint density at radius 1 is 1.14 bits per heavy atom. The summed E-state index contributed by atoms with van der Waals surface area (Å²) >= 11 is 6.12. The van der Waals surface area contributed by atoms with Crippen molar-refractivity contribution in [2.75, 3.05) is 19.5 Å². The second kappa shape index (κ2) is 7.18. The summed E-state index contributed by atoms with van der Waals surface area (Å²) in [5.41, 5.74) is 2.39. The Morgan fingerprint density at radius 2 is 1.91 bits per heavy atom. The molecule has 0 atom stereocenters. The number of hydrogen-bond acceptors (Lipinski definition) is 3. The van der Waals surface area contributed by atoms with Crippen molar-refractivity contribution in [3.63, 3.8) is 0 Å². The van der Waals surface area contributed by atoms with Gasteiger partial charge in [-0.25, -0.2) is 0 Å². The maximum atomic E-state index is 12.2. The second-order valence-corrected chi connectivity index (χ2v) is 5.29. The van der Waals surface area contributed by atoms with E-state index in [1.165, 1.54) is 0 Å². The van der Waals surface area contributed by atoms with Gasteiger partial charge in [-0.15, -0.1) is 0 Å². The first-order chi connectivity index (χ1) is 10.5. The Morgan fingerprint density at radius 3 is 2.55 bits per heavy atom. The van der Waals surface area contributed by atoms with Crippen molar-refractivity contribution in [3.05, 3.63) is 52.5 Å². The number of nitrogens with one attached hydrogen (secondary N) is 1. The number of amides is 1. The van der Waals surface area contributed by atoms with E-state index < -0.39 is 0 Å². The molecule has 0 spiro atoms. The smallest absolute Gasteiger partial charge is 0.228 e. The number of halogens is 1. The number of benzene rings is 2. The van der Waals surface area contributed by atoms with Crippen LogP contribution in [-0.4, -0.2) is 20.1 Å². The summed E-state index contributed by atoms with van der Waals surface area (Å²) in [6.45, 7) is 1.94. The molecule has 0 heterocycles. The molecular weight excluding hydrogens is 302 g/mol. The van der Waals surface area contributed by atoms with Crippen LogP contribution in [0.4, 0.5) is 5.69 Å². The molecule has 0 aliphatic rings. The number of ether oxygens (including phenoxy) is 2. The van der Waals surface area contributed by atoms with Crippen LogP contribution < -0.4 is 14.8 Å². The molecule has 0 fully saturated rings. The fourth-order valence-electron chi connectivity index (χ4n) is 2.11. The lowest BCUT2D eigenvalue weighted by Gasteiger charge is -2.11. The quantitative estimate of drug-likeness (QED) is 0.910. The van der Waals surface area contributed by atoms with Crippen LogP contribution in [0.15, 0.2) is 36.4 Å². The first kappa shape index (κ1) is 16.2. The predicted octanol–water partition coefficient (Wildman–Crippen LogP) is 3.85. The Hall–Kier alpha value is -2.20. The number of methoxy groups -OCH3 is 2. The third-order valence-electron chi connectivity index (χ3n) is 3.24. The standard InChI is InChI=1S/C17H18ClNO3/c1-11-4-6-15(14(18)8-11)19-17(20)10-12-9-13(21-2)5-7-16(12)22-3/h4-9H,10H2,1-3H3,(H,19,20). The molecular formula is C17H18ClNO3. The van der Waals surface area contributed by atoms with E-state index in [1.54, 1.807) is 38.5 Å². The lowest BCUT2D eigenvalue weighted by Crippen LogP contribution is -2.15. The Kier molecular flexibility index (Phi) is 5.28. The molecule has 22 heavy (non-hydrogen) atoms. The summed E-state index contributed by atoms with van der Waals surface area (Å²) in [6, 6.07) is 10.8. The molecule has 0 saturated heterocycles. The number of anilines is 1. The van der Waals surface area contributed by atoms with Gasteiger partial charge in [0, 0.05) is 5.56 Å². The monoisotopic (exact) mass is 319 g/mol. The normalized spacial score (nSPS) is 10.2. The van der Waals surface area contributed by atoms with E-state index in [0.717, 1.165) is 11.1 Å². The highest BCUT2D eigenvalue weighted by atomic mass is 35.5. The maximum absolute atomic E-state index is 12.2. The van der Waals surface area contributed by atoms with Gasteiger partial charge in [-0.3, -0.25) is 4.79 Å². The molecule has 116 valence electrons. The Bertz CT molecular complexity index is 686. The summed E-state index contributed by atoms with van der Waals surface area (Å²) in [5, 5.41) is 3.33. The zero-order valence-electron chi connectivity index (χ0n) is 12.8. The summed E-state index contributed by atoms with van der Waals surface area (Å²) in [5.74, 6) is 1.15. The molecule has 0 aliphatic carbocycles. The molecule has 0 aliphatic heterocycles. The minimum Gasteiger partial charge on any atom is -0.497 e. The number of carbonyl (C=O) groups is 1. The van der Waals surface area contributed by atoms with Gasteiger partial charge in [0.15, 0.2) is 0 Å². The topological polar surface area (TPSA) is 47.6 Å². The highest BCUT2D eigenvalue weighted by Crippen LogP contribution is 2.26. The van der Waals surface area contributed by atoms with Crippen LogP contribution >= 0.6 is 11.6 Å². The first-order valence-corrected chi connectivity index (χ1v) is 7.18. The molecule has 0 radical (unpaired) electrons. The second-order valence-electron chi connectivity index (χ2n) is 4.89. The van der Waals surface area contributed by atoms with Crippen molar-refractivity contribution in [1.29, 1.82) is 0 Å². The SMILES string of the molecule is COc1ccc(OC)c(CC(=O)Nc2ccc(C)cc2Cl)c1. The lowest BCUT2D eigenvalue weighted by molar-refractivity contribution is -0.115. The van der Waals surface area contributed by atoms with Gasteiger partial charge in [0.2, 0.25) is 5.91 Å². The highest BCUT2D eigenvalue weighted by Gasteiger charge is 2.12. The molecule has 2 aromatic rings. The van der Waals surface area contributed by atoms with E-state index >= 15 is 0 Å². The van der Waals surface area contributed by atoms with Crippen LogP contribution in [0.3, 0.4) is 0 Å². The van der Waals surface area contributed by atoms with Crippen LogP contribution in [0.2, 0.25) is 5.02 Å². The molecule has 0 saturated carbocycles. The molecule has 4 nitrogen and oxygen atoms in total. The van der Waals surface area contributed by atoms with Crippen LogP contribution in [-0.2, 0) is 11.2 Å². The highest BCUT2D eigenvalue weighted by molar-refractivity contribution is 6.33. The van der Waals surface area contributed by atoms with Gasteiger partial charge in [-0.1, -0.05) is 17.7 Å². The van der Waals surface area contributed by atoms with Crippen molar-refractivity contribution in [2.45, 2.75) is 13.3 Å². The maximum Gasteiger partial charge on any atom is 0.228 e. The molecule has 2 aromatic carbocycles. The fraction of sp³-hybridized carbons (Fsp3) is 0.235. The van der Waals surface area contributed by atoms with E-state index in [4.69, 9.17) is 21.1 Å². The van der Waals surface area contributed by atoms with Crippen molar-refractivity contribution >= 4 is 23.2 Å². The molecule has 2 rings (SSSR count). The fourth-order valence-corrected chi connectivity index (χ4v) is 2.39. The Labute approximate surface area is 135 Å². The summed E-state index contributed by atoms with van der Waals surface area (Å²) < 4.78 is 10.5. The lowest BCUT2D eigenvalue weighted by atomic mass is 10.1. The van der Waals surface area contributed by atoms with Gasteiger partial charge in [0.25, 0.3) is 0 Å². The number of hydrogen-bond donors (Lipinski definition) is 1. The van der Waals surface area contributed by atoms with Crippen LogP contribution in [0.25, 0.3) is 0 Å². The van der Waals surface area contributed by atoms with Gasteiger partial charge in [-0.2, -0.15) is 0 Å². The van der Waals surface area contributed by atoms with Gasteiger partial charge in [-0.05, 0) is 42.8 Å². The van der Waals surface area contributed by atoms with E-state index in [9.17, 15) is 4.79 Å². The molecule has 0 unspecified atom stereocenters. The minimum absolute atomic E-state index is 0.169. The van der Waals surface area contributed by atoms with Crippen molar-refractivity contribution < 1.29 is 14.3 Å². The van der Waals surface area contributed by atoms with E-state index in [0.29, 0.717) is 22.2 Å². The van der Waals surface area contributed by atoms with E-state index in [2.05, 4.69) is 5.32 Å². The zero-order valence-corrected chi connectivity index (χ0v) is 13.5. The molecule has 1 amide bonds. The Balaban J connectivity index is 2.14. The zero-order chi connectivity index (χ0) is 16.1.